The van der Waals surface area contributed by atoms with Crippen LogP contribution in [0.1, 0.15) is 28.0 Å². The summed E-state index contributed by atoms with van der Waals surface area (Å²) >= 11 is 0. The number of alkyl halides is 4. The fourth-order valence-electron chi connectivity index (χ4n) is 2.93. The Bertz CT molecular complexity index is 1040. The van der Waals surface area contributed by atoms with Gasteiger partial charge in [0.25, 0.3) is 5.91 Å². The maximum atomic E-state index is 15.6. The molecule has 11 heteroatoms. The third kappa shape index (κ3) is 3.89. The summed E-state index contributed by atoms with van der Waals surface area (Å²) < 4.78 is 96.3. The van der Waals surface area contributed by atoms with Gasteiger partial charge in [0.15, 0.2) is 5.69 Å². The Morgan fingerprint density at radius 1 is 1.21 bits per heavy atom. The van der Waals surface area contributed by atoms with Crippen LogP contribution in [0.15, 0.2) is 42.2 Å². The van der Waals surface area contributed by atoms with Crippen molar-refractivity contribution >= 4 is 11.5 Å². The minimum Gasteiger partial charge on any atom is -0.316 e. The van der Waals surface area contributed by atoms with Crippen molar-refractivity contribution in [1.29, 1.82) is 0 Å². The Morgan fingerprint density at radius 3 is 2.52 bits per heavy atom. The number of halogens is 7. The van der Waals surface area contributed by atoms with Gasteiger partial charge < -0.3 is 5.32 Å². The van der Waals surface area contributed by atoms with E-state index in [-0.39, 0.29) is 10.2 Å². The maximum absolute atomic E-state index is 15.6. The van der Waals surface area contributed by atoms with Crippen LogP contribution in [0.5, 0.6) is 0 Å². The molecule has 1 aliphatic carbocycles. The lowest BCUT2D eigenvalue weighted by atomic mass is 9.89. The molecule has 0 radical (unpaired) electrons. The predicted octanol–water partition coefficient (Wildman–Crippen LogP) is 4.45. The molecule has 0 spiro atoms. The highest BCUT2D eigenvalue weighted by molar-refractivity contribution is 5.97. The summed E-state index contributed by atoms with van der Waals surface area (Å²) in [7, 11) is 0.827. The largest absolute Gasteiger partial charge is 0.436 e. The zero-order chi connectivity index (χ0) is 21.6. The van der Waals surface area contributed by atoms with E-state index in [1.54, 1.807) is 5.32 Å². The number of rotatable bonds is 3. The molecule has 1 atom stereocenters. The van der Waals surface area contributed by atoms with E-state index in [9.17, 15) is 31.1 Å². The molecule has 0 fully saturated rings. The molecule has 2 aromatic rings. The Morgan fingerprint density at radius 2 is 1.90 bits per heavy atom. The van der Waals surface area contributed by atoms with E-state index >= 15 is 4.39 Å². The lowest BCUT2D eigenvalue weighted by molar-refractivity contribution is -0.141. The van der Waals surface area contributed by atoms with Crippen molar-refractivity contribution in [3.8, 4) is 0 Å². The van der Waals surface area contributed by atoms with Crippen LogP contribution in [-0.4, -0.2) is 21.5 Å². The first-order chi connectivity index (χ1) is 13.4. The lowest BCUT2D eigenvalue weighted by Crippen LogP contribution is -2.47. The molecule has 1 N–H and O–H groups in total. The van der Waals surface area contributed by atoms with Crippen LogP contribution in [0.4, 0.5) is 30.7 Å². The number of aromatic nitrogens is 2. The Labute approximate surface area is 159 Å². The van der Waals surface area contributed by atoms with Gasteiger partial charge in [-0.2, -0.15) is 22.7 Å². The molecule has 4 nitrogen and oxygen atoms in total. The van der Waals surface area contributed by atoms with Crippen molar-refractivity contribution < 1.29 is 35.5 Å². The highest BCUT2D eigenvalue weighted by atomic mass is 19.4. The van der Waals surface area contributed by atoms with Crippen LogP contribution in [0.2, 0.25) is 0 Å². The fourth-order valence-corrected chi connectivity index (χ4v) is 2.93. The molecule has 0 aliphatic heterocycles. The first-order valence-corrected chi connectivity index (χ1v) is 8.06. The van der Waals surface area contributed by atoms with Gasteiger partial charge in [0.05, 0.1) is 6.42 Å². The summed E-state index contributed by atoms with van der Waals surface area (Å²) in [4.78, 5) is 12.4. The lowest BCUT2D eigenvalue weighted by Gasteiger charge is -2.31. The summed E-state index contributed by atoms with van der Waals surface area (Å²) in [6.45, 7) is 0. The number of amides is 1. The van der Waals surface area contributed by atoms with Gasteiger partial charge in [-0.05, 0) is 23.8 Å². The molecule has 29 heavy (non-hydrogen) atoms. The van der Waals surface area contributed by atoms with Crippen molar-refractivity contribution in [3.05, 3.63) is 70.8 Å². The zero-order valence-corrected chi connectivity index (χ0v) is 14.6. The molecule has 3 rings (SSSR count). The highest BCUT2D eigenvalue weighted by Gasteiger charge is 2.45. The number of nitrogens with zero attached hydrogens (tertiary/aromatic N) is 2. The number of aryl methyl sites for hydroxylation is 1. The molecule has 0 bridgehead atoms. The third-order valence-electron chi connectivity index (χ3n) is 4.19. The van der Waals surface area contributed by atoms with Crippen LogP contribution >= 0.6 is 0 Å². The Balaban J connectivity index is 2.03. The summed E-state index contributed by atoms with van der Waals surface area (Å²) in [5, 5.41) is 4.51. The third-order valence-corrected chi connectivity index (χ3v) is 4.19. The van der Waals surface area contributed by atoms with E-state index in [0.29, 0.717) is 0 Å². The second-order valence-corrected chi connectivity index (χ2v) is 6.27. The van der Waals surface area contributed by atoms with Crippen LogP contribution < -0.4 is 5.32 Å². The van der Waals surface area contributed by atoms with E-state index in [0.717, 1.165) is 31.3 Å². The first kappa shape index (κ1) is 20.6. The fraction of sp³-hybridized carbons (Fsp3) is 0.222. The van der Waals surface area contributed by atoms with Gasteiger partial charge in [0.2, 0.25) is 11.7 Å². The average Bonchev–Trinajstić information content (AvgIpc) is 2.90. The van der Waals surface area contributed by atoms with Crippen molar-refractivity contribution in [1.82, 2.24) is 15.1 Å². The molecule has 0 saturated heterocycles. The van der Waals surface area contributed by atoms with Crippen molar-refractivity contribution in [3.63, 3.8) is 0 Å². The van der Waals surface area contributed by atoms with E-state index in [1.807, 2.05) is 0 Å². The molecule has 1 aliphatic rings. The summed E-state index contributed by atoms with van der Waals surface area (Å²) in [6.07, 6.45) is -4.49. The highest BCUT2D eigenvalue weighted by Crippen LogP contribution is 2.39. The van der Waals surface area contributed by atoms with Gasteiger partial charge in [0, 0.05) is 12.6 Å². The van der Waals surface area contributed by atoms with Gasteiger partial charge in [-0.1, -0.05) is 18.2 Å². The standard InChI is InChI=1S/C18H12F7N3O/c1-28-15(21)13(14(27-28)18(23,24)25)16(29)26-17(22)8-11(20)5-6-12(17)9-3-2-4-10(19)7-9/h2-7H,8H2,1H3,(H,26,29). The number of carbonyl (C=O) groups excluding carboxylic acids is 1. The number of allylic oxidation sites excluding steroid dienone is 2. The maximum Gasteiger partial charge on any atom is 0.436 e. The molecule has 1 unspecified atom stereocenters. The SMILES string of the molecule is Cn1nc(C(F)(F)F)c(C(=O)NC2(F)CC(F)=CC=C2c2cccc(F)c2)c1F. The van der Waals surface area contributed by atoms with E-state index in [4.69, 9.17) is 0 Å². The normalized spacial score (nSPS) is 19.6. The van der Waals surface area contributed by atoms with E-state index < -0.39 is 58.7 Å². The molecule has 1 amide bonds. The minimum absolute atomic E-state index is 0.0840. The van der Waals surface area contributed by atoms with Crippen molar-refractivity contribution in [2.75, 3.05) is 0 Å². The number of hydrogen-bond donors (Lipinski definition) is 1. The minimum atomic E-state index is -5.20. The van der Waals surface area contributed by atoms with Crippen LogP contribution in [0.3, 0.4) is 0 Å². The number of carbonyl (C=O) groups is 1. The first-order valence-electron chi connectivity index (χ1n) is 8.06. The molecule has 0 saturated carbocycles. The van der Waals surface area contributed by atoms with Crippen molar-refractivity contribution in [2.24, 2.45) is 7.05 Å². The van der Waals surface area contributed by atoms with Crippen LogP contribution in [0, 0.1) is 11.8 Å². The molecular weight excluding hydrogens is 407 g/mol. The summed E-state index contributed by atoms with van der Waals surface area (Å²) in [6, 6.07) is 4.45. The van der Waals surface area contributed by atoms with Crippen LogP contribution in [0.25, 0.3) is 5.57 Å². The molecule has 1 heterocycles. The Kier molecular flexibility index (Phi) is 5.01. The summed E-state index contributed by atoms with van der Waals surface area (Å²) in [5.41, 5.74) is -3.89. The van der Waals surface area contributed by atoms with Gasteiger partial charge in [0.1, 0.15) is 17.2 Å². The number of nitrogens with one attached hydrogen (secondary N) is 1. The van der Waals surface area contributed by atoms with Gasteiger partial charge in [-0.15, -0.1) is 0 Å². The van der Waals surface area contributed by atoms with E-state index in [1.165, 1.54) is 12.1 Å². The molecular formula is C18H12F7N3O. The molecule has 1 aromatic heterocycles. The number of hydrogen-bond acceptors (Lipinski definition) is 2. The predicted molar refractivity (Wildman–Crippen MR) is 87.7 cm³/mol. The summed E-state index contributed by atoms with van der Waals surface area (Å²) in [5.74, 6) is -8.29. The smallest absolute Gasteiger partial charge is 0.316 e. The topological polar surface area (TPSA) is 46.9 Å². The average molecular weight is 419 g/mol. The second-order valence-electron chi connectivity index (χ2n) is 6.27. The van der Waals surface area contributed by atoms with E-state index in [2.05, 4.69) is 5.10 Å². The zero-order valence-electron chi connectivity index (χ0n) is 14.6. The molecule has 154 valence electrons. The number of benzene rings is 1. The van der Waals surface area contributed by atoms with Crippen LogP contribution in [-0.2, 0) is 13.2 Å². The monoisotopic (exact) mass is 419 g/mol. The van der Waals surface area contributed by atoms with Crippen molar-refractivity contribution in [2.45, 2.75) is 18.4 Å². The van der Waals surface area contributed by atoms with Gasteiger partial charge in [-0.3, -0.25) is 4.79 Å². The second kappa shape index (κ2) is 7.05. The van der Waals surface area contributed by atoms with Gasteiger partial charge in [-0.25, -0.2) is 17.9 Å². The Hall–Kier alpha value is -3.11. The van der Waals surface area contributed by atoms with Gasteiger partial charge >= 0.3 is 6.18 Å². The quantitative estimate of drug-likeness (QED) is 0.590. The molecule has 1 aromatic carbocycles.